The van der Waals surface area contributed by atoms with Crippen molar-refractivity contribution in [3.8, 4) is 0 Å². The fourth-order valence-corrected chi connectivity index (χ4v) is 2.09. The van der Waals surface area contributed by atoms with Crippen LogP contribution in [0.2, 0.25) is 0 Å². The SMILES string of the molecule is CNC1=C(C2=CC=CCC2)CCC=C1. The van der Waals surface area contributed by atoms with Crippen molar-refractivity contribution in [3.63, 3.8) is 0 Å². The summed E-state index contributed by atoms with van der Waals surface area (Å²) in [5.74, 6) is 0. The molecular formula is C13H17N. The zero-order valence-electron chi connectivity index (χ0n) is 8.72. The fraction of sp³-hybridized carbons (Fsp3) is 0.385. The van der Waals surface area contributed by atoms with Crippen LogP contribution in [0.3, 0.4) is 0 Å². The van der Waals surface area contributed by atoms with E-state index in [0.29, 0.717) is 0 Å². The highest BCUT2D eigenvalue weighted by Gasteiger charge is 2.12. The summed E-state index contributed by atoms with van der Waals surface area (Å²) in [4.78, 5) is 0. The number of allylic oxidation sites excluding steroid dienone is 7. The Morgan fingerprint density at radius 3 is 2.71 bits per heavy atom. The van der Waals surface area contributed by atoms with Gasteiger partial charge in [0.05, 0.1) is 0 Å². The largest absolute Gasteiger partial charge is 0.388 e. The molecule has 0 amide bonds. The summed E-state index contributed by atoms with van der Waals surface area (Å²) in [7, 11) is 2.00. The van der Waals surface area contributed by atoms with Crippen molar-refractivity contribution in [2.24, 2.45) is 0 Å². The van der Waals surface area contributed by atoms with E-state index in [0.717, 1.165) is 0 Å². The van der Waals surface area contributed by atoms with E-state index in [2.05, 4.69) is 35.7 Å². The minimum Gasteiger partial charge on any atom is -0.388 e. The average molecular weight is 187 g/mol. The first-order valence-corrected chi connectivity index (χ1v) is 5.35. The van der Waals surface area contributed by atoms with Gasteiger partial charge in [-0.1, -0.05) is 24.3 Å². The molecule has 1 N–H and O–H groups in total. The minimum atomic E-state index is 1.18. The van der Waals surface area contributed by atoms with Gasteiger partial charge >= 0.3 is 0 Å². The standard InChI is InChI=1S/C13H17N/c1-14-13-10-6-5-9-12(13)11-7-3-2-4-8-11/h2-3,6-7,10,14H,4-5,8-9H2,1H3. The first-order chi connectivity index (χ1) is 6.92. The highest BCUT2D eigenvalue weighted by atomic mass is 14.8. The highest BCUT2D eigenvalue weighted by Crippen LogP contribution is 2.28. The van der Waals surface area contributed by atoms with E-state index >= 15 is 0 Å². The average Bonchev–Trinajstić information content (AvgIpc) is 2.30. The first kappa shape index (κ1) is 9.32. The van der Waals surface area contributed by atoms with Crippen molar-refractivity contribution in [2.45, 2.75) is 25.7 Å². The van der Waals surface area contributed by atoms with E-state index in [1.807, 2.05) is 7.05 Å². The van der Waals surface area contributed by atoms with E-state index in [-0.39, 0.29) is 0 Å². The van der Waals surface area contributed by atoms with Gasteiger partial charge in [0.2, 0.25) is 0 Å². The summed E-state index contributed by atoms with van der Waals surface area (Å²) in [5, 5.41) is 3.28. The lowest BCUT2D eigenvalue weighted by Crippen LogP contribution is -2.11. The molecule has 2 aliphatic rings. The van der Waals surface area contributed by atoms with Gasteiger partial charge in [-0.15, -0.1) is 0 Å². The monoisotopic (exact) mass is 187 g/mol. The van der Waals surface area contributed by atoms with Crippen LogP contribution < -0.4 is 5.32 Å². The zero-order chi connectivity index (χ0) is 9.80. The molecule has 0 aromatic carbocycles. The van der Waals surface area contributed by atoms with Crippen LogP contribution in [0.1, 0.15) is 25.7 Å². The van der Waals surface area contributed by atoms with Gasteiger partial charge in [0.25, 0.3) is 0 Å². The maximum atomic E-state index is 3.28. The Hall–Kier alpha value is -1.24. The minimum absolute atomic E-state index is 1.18. The molecule has 0 fully saturated rings. The maximum Gasteiger partial charge on any atom is 0.0369 e. The normalized spacial score (nSPS) is 21.1. The third-order valence-electron chi connectivity index (χ3n) is 2.84. The number of nitrogens with one attached hydrogen (secondary N) is 1. The van der Waals surface area contributed by atoms with Crippen LogP contribution in [0, 0.1) is 0 Å². The quantitative estimate of drug-likeness (QED) is 0.700. The molecule has 2 aliphatic carbocycles. The van der Waals surface area contributed by atoms with Gasteiger partial charge < -0.3 is 5.32 Å². The Kier molecular flexibility index (Phi) is 2.87. The van der Waals surface area contributed by atoms with E-state index < -0.39 is 0 Å². The molecular weight excluding hydrogens is 170 g/mol. The third kappa shape index (κ3) is 1.82. The van der Waals surface area contributed by atoms with Crippen LogP contribution in [-0.2, 0) is 0 Å². The second kappa shape index (κ2) is 4.32. The Labute approximate surface area is 85.9 Å². The predicted octanol–water partition coefficient (Wildman–Crippen LogP) is 3.09. The molecule has 1 nitrogen and oxygen atoms in total. The molecule has 0 spiro atoms. The molecule has 0 aromatic heterocycles. The molecule has 0 unspecified atom stereocenters. The van der Waals surface area contributed by atoms with Gasteiger partial charge in [-0.2, -0.15) is 0 Å². The van der Waals surface area contributed by atoms with Crippen molar-refractivity contribution in [2.75, 3.05) is 7.05 Å². The lowest BCUT2D eigenvalue weighted by atomic mass is 9.90. The Bertz CT molecular complexity index is 329. The summed E-state index contributed by atoms with van der Waals surface area (Å²) in [5.41, 5.74) is 4.33. The number of rotatable bonds is 2. The van der Waals surface area contributed by atoms with Crippen molar-refractivity contribution in [1.82, 2.24) is 5.32 Å². The smallest absolute Gasteiger partial charge is 0.0369 e. The Morgan fingerprint density at radius 2 is 2.00 bits per heavy atom. The second-order valence-electron chi connectivity index (χ2n) is 3.74. The van der Waals surface area contributed by atoms with Crippen molar-refractivity contribution in [3.05, 3.63) is 47.2 Å². The van der Waals surface area contributed by atoms with Gasteiger partial charge in [-0.05, 0) is 42.9 Å². The molecule has 0 radical (unpaired) electrons. The van der Waals surface area contributed by atoms with E-state index in [1.54, 1.807) is 0 Å². The van der Waals surface area contributed by atoms with E-state index in [1.165, 1.54) is 42.5 Å². The third-order valence-corrected chi connectivity index (χ3v) is 2.84. The second-order valence-corrected chi connectivity index (χ2v) is 3.74. The molecule has 1 heteroatoms. The molecule has 0 heterocycles. The van der Waals surface area contributed by atoms with Crippen molar-refractivity contribution < 1.29 is 0 Å². The van der Waals surface area contributed by atoms with Crippen LogP contribution in [0.25, 0.3) is 0 Å². The predicted molar refractivity (Wildman–Crippen MR) is 60.9 cm³/mol. The molecule has 0 bridgehead atoms. The lowest BCUT2D eigenvalue weighted by molar-refractivity contribution is 0.850. The molecule has 0 aromatic rings. The van der Waals surface area contributed by atoms with Gasteiger partial charge in [0, 0.05) is 12.7 Å². The Morgan fingerprint density at radius 1 is 1.14 bits per heavy atom. The Balaban J connectivity index is 2.30. The first-order valence-electron chi connectivity index (χ1n) is 5.35. The molecule has 14 heavy (non-hydrogen) atoms. The summed E-state index contributed by atoms with van der Waals surface area (Å²) in [6.07, 6.45) is 15.9. The number of hydrogen-bond donors (Lipinski definition) is 1. The molecule has 0 atom stereocenters. The van der Waals surface area contributed by atoms with Gasteiger partial charge in [0.1, 0.15) is 0 Å². The number of likely N-dealkylation sites (N-methyl/N-ethyl adjacent to an activating group) is 1. The molecule has 74 valence electrons. The topological polar surface area (TPSA) is 12.0 Å². The molecule has 0 saturated heterocycles. The fourth-order valence-electron chi connectivity index (χ4n) is 2.09. The van der Waals surface area contributed by atoms with Gasteiger partial charge in [-0.25, -0.2) is 0 Å². The summed E-state index contributed by atoms with van der Waals surface area (Å²) in [6.45, 7) is 0. The van der Waals surface area contributed by atoms with Gasteiger partial charge in [0.15, 0.2) is 0 Å². The van der Waals surface area contributed by atoms with Crippen LogP contribution >= 0.6 is 0 Å². The summed E-state index contributed by atoms with van der Waals surface area (Å²) < 4.78 is 0. The summed E-state index contributed by atoms with van der Waals surface area (Å²) in [6, 6.07) is 0. The maximum absolute atomic E-state index is 3.28. The van der Waals surface area contributed by atoms with Crippen molar-refractivity contribution >= 4 is 0 Å². The highest BCUT2D eigenvalue weighted by molar-refractivity contribution is 5.44. The molecule has 0 aliphatic heterocycles. The molecule has 0 saturated carbocycles. The number of hydrogen-bond acceptors (Lipinski definition) is 1. The van der Waals surface area contributed by atoms with Crippen molar-refractivity contribution in [1.29, 1.82) is 0 Å². The van der Waals surface area contributed by atoms with E-state index in [4.69, 9.17) is 0 Å². The van der Waals surface area contributed by atoms with E-state index in [9.17, 15) is 0 Å². The zero-order valence-corrected chi connectivity index (χ0v) is 8.72. The van der Waals surface area contributed by atoms with Crippen LogP contribution in [0.5, 0.6) is 0 Å². The van der Waals surface area contributed by atoms with Crippen LogP contribution in [-0.4, -0.2) is 7.05 Å². The van der Waals surface area contributed by atoms with Crippen LogP contribution in [0.4, 0.5) is 0 Å². The lowest BCUT2D eigenvalue weighted by Gasteiger charge is -2.19. The van der Waals surface area contributed by atoms with Gasteiger partial charge in [-0.3, -0.25) is 0 Å². The van der Waals surface area contributed by atoms with Crippen LogP contribution in [0.15, 0.2) is 47.2 Å². The molecule has 2 rings (SSSR count). The summed E-state index contributed by atoms with van der Waals surface area (Å²) >= 11 is 0.